The van der Waals surface area contributed by atoms with Crippen LogP contribution in [0.2, 0.25) is 0 Å². The average molecular weight is 281 g/mol. The summed E-state index contributed by atoms with van der Waals surface area (Å²) >= 11 is 0. The van der Waals surface area contributed by atoms with Gasteiger partial charge in [-0.15, -0.1) is 0 Å². The van der Waals surface area contributed by atoms with Crippen LogP contribution in [0.5, 0.6) is 5.75 Å². The minimum absolute atomic E-state index is 0.143. The summed E-state index contributed by atoms with van der Waals surface area (Å²) < 4.78 is 43.4. The van der Waals surface area contributed by atoms with E-state index in [1.54, 1.807) is 0 Å². The first-order valence-corrected chi connectivity index (χ1v) is 5.64. The van der Waals surface area contributed by atoms with Crippen LogP contribution in [0.4, 0.5) is 13.2 Å². The maximum atomic E-state index is 12.9. The molecule has 0 spiro atoms. The molecule has 0 aliphatic heterocycles. The van der Waals surface area contributed by atoms with Crippen LogP contribution in [0.1, 0.15) is 21.5 Å². The number of carbonyl (C=O) groups excluding carboxylic acids is 1. The predicted molar refractivity (Wildman–Crippen MR) is 65.7 cm³/mol. The molecule has 0 saturated carbocycles. The van der Waals surface area contributed by atoms with E-state index in [-0.39, 0.29) is 11.1 Å². The summed E-state index contributed by atoms with van der Waals surface area (Å²) in [6.07, 6.45) is -1.82. The first kappa shape index (κ1) is 14.0. The second-order valence-corrected chi connectivity index (χ2v) is 3.95. The second-order valence-electron chi connectivity index (χ2n) is 3.95. The van der Waals surface area contributed by atoms with Crippen LogP contribution in [0.25, 0.3) is 0 Å². The first-order chi connectivity index (χ1) is 9.45. The zero-order valence-corrected chi connectivity index (χ0v) is 10.4. The van der Waals surface area contributed by atoms with E-state index in [0.29, 0.717) is 0 Å². The molecule has 6 heteroatoms. The third-order valence-electron chi connectivity index (χ3n) is 2.69. The molecule has 0 N–H and O–H groups in total. The highest BCUT2D eigenvalue weighted by molar-refractivity contribution is 6.10. The van der Waals surface area contributed by atoms with Crippen molar-refractivity contribution in [2.75, 3.05) is 7.11 Å². The fourth-order valence-corrected chi connectivity index (χ4v) is 1.81. The highest BCUT2D eigenvalue weighted by atomic mass is 19.4. The van der Waals surface area contributed by atoms with E-state index in [2.05, 4.69) is 4.98 Å². The standard InChI is InChI=1S/C14H10F3NO2/c1-20-13-10(5-2-6-11(13)14(15,16)17)12(19)9-4-3-7-18-8-9/h2-8H,1H3. The molecule has 1 heterocycles. The number of ether oxygens (including phenoxy) is 1. The van der Waals surface area contributed by atoms with Crippen LogP contribution in [0, 0.1) is 0 Å². The van der Waals surface area contributed by atoms with Crippen molar-refractivity contribution >= 4 is 5.78 Å². The lowest BCUT2D eigenvalue weighted by molar-refractivity contribution is -0.138. The Labute approximate surface area is 113 Å². The number of halogens is 3. The number of rotatable bonds is 3. The quantitative estimate of drug-likeness (QED) is 0.810. The van der Waals surface area contributed by atoms with Gasteiger partial charge < -0.3 is 4.74 Å². The van der Waals surface area contributed by atoms with Crippen molar-refractivity contribution in [3.63, 3.8) is 0 Å². The lowest BCUT2D eigenvalue weighted by Crippen LogP contribution is -2.12. The molecule has 0 aliphatic carbocycles. The fraction of sp³-hybridized carbons (Fsp3) is 0.143. The Kier molecular flexibility index (Phi) is 3.74. The normalized spacial score (nSPS) is 11.2. The summed E-state index contributed by atoms with van der Waals surface area (Å²) in [6, 6.07) is 6.36. The van der Waals surface area contributed by atoms with Crippen LogP contribution in [-0.4, -0.2) is 17.9 Å². The molecule has 0 aliphatic rings. The zero-order chi connectivity index (χ0) is 14.8. The SMILES string of the molecule is COc1c(C(=O)c2cccnc2)cccc1C(F)(F)F. The topological polar surface area (TPSA) is 39.2 Å². The van der Waals surface area contributed by atoms with Crippen LogP contribution in [0.3, 0.4) is 0 Å². The van der Waals surface area contributed by atoms with E-state index in [4.69, 9.17) is 4.74 Å². The Morgan fingerprint density at radius 3 is 2.50 bits per heavy atom. The Balaban J connectivity index is 2.56. The monoisotopic (exact) mass is 281 g/mol. The van der Waals surface area contributed by atoms with Gasteiger partial charge in [-0.1, -0.05) is 6.07 Å². The van der Waals surface area contributed by atoms with Gasteiger partial charge in [-0.3, -0.25) is 9.78 Å². The highest BCUT2D eigenvalue weighted by Gasteiger charge is 2.36. The van der Waals surface area contributed by atoms with Gasteiger partial charge in [0.05, 0.1) is 18.2 Å². The minimum Gasteiger partial charge on any atom is -0.495 e. The molecule has 0 radical (unpaired) electrons. The number of benzene rings is 1. The van der Waals surface area contributed by atoms with Gasteiger partial charge in [0.1, 0.15) is 5.75 Å². The highest BCUT2D eigenvalue weighted by Crippen LogP contribution is 2.38. The summed E-state index contributed by atoms with van der Waals surface area (Å²) in [6.45, 7) is 0. The fourth-order valence-electron chi connectivity index (χ4n) is 1.81. The molecule has 20 heavy (non-hydrogen) atoms. The molecule has 0 atom stereocenters. The Hall–Kier alpha value is -2.37. The Bertz CT molecular complexity index is 624. The Morgan fingerprint density at radius 2 is 1.95 bits per heavy atom. The number of nitrogens with zero attached hydrogens (tertiary/aromatic N) is 1. The summed E-state index contributed by atoms with van der Waals surface area (Å²) in [5, 5.41) is 0. The molecule has 0 bridgehead atoms. The van der Waals surface area contributed by atoms with E-state index in [9.17, 15) is 18.0 Å². The van der Waals surface area contributed by atoms with Gasteiger partial charge in [-0.25, -0.2) is 0 Å². The van der Waals surface area contributed by atoms with Gasteiger partial charge in [-0.05, 0) is 24.3 Å². The molecule has 2 aromatic rings. The number of methoxy groups -OCH3 is 1. The van der Waals surface area contributed by atoms with Crippen molar-refractivity contribution in [1.29, 1.82) is 0 Å². The van der Waals surface area contributed by atoms with E-state index in [0.717, 1.165) is 13.2 Å². The van der Waals surface area contributed by atoms with Crippen molar-refractivity contribution in [2.24, 2.45) is 0 Å². The smallest absolute Gasteiger partial charge is 0.419 e. The van der Waals surface area contributed by atoms with Gasteiger partial charge in [0.25, 0.3) is 0 Å². The largest absolute Gasteiger partial charge is 0.495 e. The minimum atomic E-state index is -4.59. The number of alkyl halides is 3. The van der Waals surface area contributed by atoms with E-state index in [1.807, 2.05) is 0 Å². The van der Waals surface area contributed by atoms with Crippen LogP contribution < -0.4 is 4.74 Å². The molecule has 1 aromatic carbocycles. The molecular formula is C14H10F3NO2. The number of carbonyl (C=O) groups is 1. The van der Waals surface area contributed by atoms with Gasteiger partial charge in [0.15, 0.2) is 5.78 Å². The molecule has 0 amide bonds. The summed E-state index contributed by atoms with van der Waals surface area (Å²) in [4.78, 5) is 16.0. The lowest BCUT2D eigenvalue weighted by Gasteiger charge is -2.14. The Morgan fingerprint density at radius 1 is 1.20 bits per heavy atom. The predicted octanol–water partition coefficient (Wildman–Crippen LogP) is 3.34. The zero-order valence-electron chi connectivity index (χ0n) is 10.4. The maximum absolute atomic E-state index is 12.9. The number of hydrogen-bond acceptors (Lipinski definition) is 3. The number of ketones is 1. The molecule has 0 unspecified atom stereocenters. The van der Waals surface area contributed by atoms with Gasteiger partial charge >= 0.3 is 6.18 Å². The maximum Gasteiger partial charge on any atom is 0.419 e. The van der Waals surface area contributed by atoms with Crippen molar-refractivity contribution < 1.29 is 22.7 Å². The van der Waals surface area contributed by atoms with E-state index >= 15 is 0 Å². The van der Waals surface area contributed by atoms with E-state index < -0.39 is 23.3 Å². The van der Waals surface area contributed by atoms with Crippen molar-refractivity contribution in [1.82, 2.24) is 4.98 Å². The molecule has 2 rings (SSSR count). The van der Waals surface area contributed by atoms with Crippen molar-refractivity contribution in [3.8, 4) is 5.75 Å². The molecule has 0 fully saturated rings. The number of aromatic nitrogens is 1. The third-order valence-corrected chi connectivity index (χ3v) is 2.69. The van der Waals surface area contributed by atoms with E-state index in [1.165, 1.54) is 36.7 Å². The average Bonchev–Trinajstić information content (AvgIpc) is 2.45. The van der Waals surface area contributed by atoms with Gasteiger partial charge in [0, 0.05) is 18.0 Å². The second kappa shape index (κ2) is 5.32. The summed E-state index contributed by atoms with van der Waals surface area (Å²) in [7, 11) is 1.10. The molecular weight excluding hydrogens is 271 g/mol. The van der Waals surface area contributed by atoms with Gasteiger partial charge in [0.2, 0.25) is 0 Å². The summed E-state index contributed by atoms with van der Waals surface area (Å²) in [5.74, 6) is -1.05. The van der Waals surface area contributed by atoms with Crippen LogP contribution >= 0.6 is 0 Å². The first-order valence-electron chi connectivity index (χ1n) is 5.64. The molecule has 104 valence electrons. The number of hydrogen-bond donors (Lipinski definition) is 0. The molecule has 3 nitrogen and oxygen atoms in total. The lowest BCUT2D eigenvalue weighted by atomic mass is 10.0. The summed E-state index contributed by atoms with van der Waals surface area (Å²) in [5.41, 5.74) is -0.921. The molecule has 1 aromatic heterocycles. The molecule has 0 saturated heterocycles. The number of para-hydroxylation sites is 1. The van der Waals surface area contributed by atoms with Crippen LogP contribution in [0.15, 0.2) is 42.7 Å². The van der Waals surface area contributed by atoms with Gasteiger partial charge in [-0.2, -0.15) is 13.2 Å². The number of pyridine rings is 1. The third kappa shape index (κ3) is 2.64. The van der Waals surface area contributed by atoms with Crippen molar-refractivity contribution in [2.45, 2.75) is 6.18 Å². The van der Waals surface area contributed by atoms with Crippen molar-refractivity contribution in [3.05, 3.63) is 59.4 Å². The van der Waals surface area contributed by atoms with Crippen LogP contribution in [-0.2, 0) is 6.18 Å².